The zero-order valence-electron chi connectivity index (χ0n) is 23.7. The van der Waals surface area contributed by atoms with Gasteiger partial charge in [0.1, 0.15) is 24.7 Å². The van der Waals surface area contributed by atoms with Crippen LogP contribution in [0.4, 0.5) is 0 Å². The Morgan fingerprint density at radius 2 is 1.00 bits per heavy atom. The molecule has 0 saturated carbocycles. The molecule has 210 valence electrons. The molecule has 0 aliphatic carbocycles. The molecule has 0 bridgehead atoms. The molecule has 0 saturated heterocycles. The molecule has 4 heteroatoms. The lowest BCUT2D eigenvalue weighted by Gasteiger charge is -2.17. The number of carbonyl (C=O) groups excluding carboxylic acids is 1. The zero-order chi connectivity index (χ0) is 29.0. The van der Waals surface area contributed by atoms with Crippen molar-refractivity contribution in [3.8, 4) is 11.5 Å². The van der Waals surface area contributed by atoms with Gasteiger partial charge in [0, 0.05) is 0 Å². The minimum absolute atomic E-state index is 0.149. The molecule has 0 N–H and O–H groups in total. The molecule has 0 unspecified atom stereocenters. The summed E-state index contributed by atoms with van der Waals surface area (Å²) in [6.45, 7) is 2.78. The second kappa shape index (κ2) is 14.5. The van der Waals surface area contributed by atoms with Gasteiger partial charge in [0.2, 0.25) is 0 Å². The Balaban J connectivity index is 1.33. The summed E-state index contributed by atoms with van der Waals surface area (Å²) in [6.07, 6.45) is 0.858. The highest BCUT2D eigenvalue weighted by molar-refractivity contribution is 5.98. The third kappa shape index (κ3) is 7.76. The summed E-state index contributed by atoms with van der Waals surface area (Å²) in [5, 5.41) is 0. The molecule has 0 fully saturated rings. The Kier molecular flexibility index (Phi) is 9.83. The summed E-state index contributed by atoms with van der Waals surface area (Å²) in [7, 11) is 0. The van der Waals surface area contributed by atoms with E-state index in [0.717, 1.165) is 40.0 Å². The minimum Gasteiger partial charge on any atom is -0.489 e. The summed E-state index contributed by atoms with van der Waals surface area (Å²) in [4.78, 5) is 12.2. The van der Waals surface area contributed by atoms with Crippen molar-refractivity contribution in [2.24, 2.45) is 0 Å². The second-order valence-electron chi connectivity index (χ2n) is 9.83. The Bertz CT molecular complexity index is 1570. The number of hydrogen-bond acceptors (Lipinski definition) is 4. The molecule has 5 aromatic rings. The summed E-state index contributed by atoms with van der Waals surface area (Å²) < 4.78 is 17.1. The van der Waals surface area contributed by atoms with Crippen LogP contribution in [0.3, 0.4) is 0 Å². The monoisotopic (exact) mass is 554 g/mol. The summed E-state index contributed by atoms with van der Waals surface area (Å²) >= 11 is 0. The Morgan fingerprint density at radius 3 is 1.52 bits per heavy atom. The van der Waals surface area contributed by atoms with Gasteiger partial charge in [-0.2, -0.15) is 0 Å². The predicted molar refractivity (Wildman–Crippen MR) is 168 cm³/mol. The first-order valence-electron chi connectivity index (χ1n) is 14.2. The molecule has 0 spiro atoms. The first-order valence-corrected chi connectivity index (χ1v) is 14.2. The van der Waals surface area contributed by atoms with Crippen LogP contribution in [0.2, 0.25) is 0 Å². The predicted octanol–water partition coefficient (Wildman–Crippen LogP) is 8.76. The number of allylic oxidation sites excluding steroid dienone is 1. The van der Waals surface area contributed by atoms with E-state index >= 15 is 0 Å². The number of rotatable bonds is 12. The third-order valence-electron chi connectivity index (χ3n) is 6.91. The molecular weight excluding hydrogens is 520 g/mol. The molecule has 0 atom stereocenters. The molecule has 4 nitrogen and oxygen atoms in total. The number of esters is 1. The van der Waals surface area contributed by atoms with Crippen molar-refractivity contribution >= 4 is 17.1 Å². The average molecular weight is 555 g/mol. The van der Waals surface area contributed by atoms with Gasteiger partial charge in [-0.3, -0.25) is 0 Å². The third-order valence-corrected chi connectivity index (χ3v) is 6.91. The quantitative estimate of drug-likeness (QED) is 0.114. The van der Waals surface area contributed by atoms with E-state index < -0.39 is 5.97 Å². The van der Waals surface area contributed by atoms with Gasteiger partial charge in [-0.1, -0.05) is 122 Å². The lowest BCUT2D eigenvalue weighted by molar-refractivity contribution is -0.147. The first-order chi connectivity index (χ1) is 20.7. The minimum atomic E-state index is -0.407. The van der Waals surface area contributed by atoms with Gasteiger partial charge in [0.25, 0.3) is 0 Å². The van der Waals surface area contributed by atoms with Crippen molar-refractivity contribution < 1.29 is 19.0 Å². The lowest BCUT2D eigenvalue weighted by Crippen LogP contribution is -2.14. The van der Waals surface area contributed by atoms with Crippen LogP contribution in [0.15, 0.2) is 140 Å². The first kappa shape index (κ1) is 28.4. The van der Waals surface area contributed by atoms with Crippen LogP contribution >= 0.6 is 0 Å². The molecule has 0 aliphatic heterocycles. The van der Waals surface area contributed by atoms with E-state index in [4.69, 9.17) is 14.2 Å². The molecule has 0 heterocycles. The van der Waals surface area contributed by atoms with E-state index in [2.05, 4.69) is 55.5 Å². The number of hydrogen-bond donors (Lipinski definition) is 0. The molecule has 5 rings (SSSR count). The number of benzene rings is 5. The summed E-state index contributed by atoms with van der Waals surface area (Å²) in [5.74, 6) is 1.02. The fourth-order valence-electron chi connectivity index (χ4n) is 4.78. The Labute approximate surface area is 247 Å². The zero-order valence-corrected chi connectivity index (χ0v) is 23.7. The van der Waals surface area contributed by atoms with Crippen LogP contribution in [0.1, 0.15) is 41.2 Å². The van der Waals surface area contributed by atoms with Crippen LogP contribution in [-0.2, 0) is 22.7 Å². The summed E-state index contributed by atoms with van der Waals surface area (Å²) in [6, 6.07) is 46.4. The molecule has 5 aromatic carbocycles. The fraction of sp³-hybridized carbons (Fsp3) is 0.132. The van der Waals surface area contributed by atoms with E-state index in [9.17, 15) is 4.79 Å². The average Bonchev–Trinajstić information content (AvgIpc) is 3.06. The molecule has 0 amide bonds. The van der Waals surface area contributed by atoms with Crippen molar-refractivity contribution in [3.05, 3.63) is 167 Å². The molecule has 0 aliphatic rings. The van der Waals surface area contributed by atoms with E-state index in [0.29, 0.717) is 12.4 Å². The standard InChI is InChI=1S/C38H34O4/c1-2-36(31-16-10-5-11-17-31)38(32-18-22-34(23-19-32)40-26-29-12-6-3-7-13-29)33-20-24-35(25-21-33)41-28-37(39)42-27-30-14-8-4-9-15-30/h3-25H,2,26-28H2,1H3/b38-36-. The largest absolute Gasteiger partial charge is 0.489 e. The van der Waals surface area contributed by atoms with Gasteiger partial charge in [0.05, 0.1) is 0 Å². The van der Waals surface area contributed by atoms with Gasteiger partial charge in [-0.25, -0.2) is 4.79 Å². The van der Waals surface area contributed by atoms with Crippen LogP contribution in [0, 0.1) is 0 Å². The van der Waals surface area contributed by atoms with Gasteiger partial charge in [-0.05, 0) is 69.6 Å². The topological polar surface area (TPSA) is 44.8 Å². The fourth-order valence-corrected chi connectivity index (χ4v) is 4.78. The molecule has 0 aromatic heterocycles. The van der Waals surface area contributed by atoms with Crippen molar-refractivity contribution in [2.45, 2.75) is 26.6 Å². The van der Waals surface area contributed by atoms with Gasteiger partial charge >= 0.3 is 5.97 Å². The Morgan fingerprint density at radius 1 is 0.524 bits per heavy atom. The SMILES string of the molecule is CC/C(=C(/c1ccc(OCC(=O)OCc2ccccc2)cc1)c1ccc(OCc2ccccc2)cc1)c1ccccc1. The molecular formula is C38H34O4. The Hall–Kier alpha value is -5.09. The van der Waals surface area contributed by atoms with Crippen molar-refractivity contribution in [1.29, 1.82) is 0 Å². The van der Waals surface area contributed by atoms with Gasteiger partial charge < -0.3 is 14.2 Å². The molecule has 42 heavy (non-hydrogen) atoms. The highest BCUT2D eigenvalue weighted by atomic mass is 16.6. The maximum absolute atomic E-state index is 12.2. The van der Waals surface area contributed by atoms with Crippen LogP contribution < -0.4 is 9.47 Å². The van der Waals surface area contributed by atoms with E-state index in [1.54, 1.807) is 0 Å². The lowest BCUT2D eigenvalue weighted by atomic mass is 9.88. The second-order valence-corrected chi connectivity index (χ2v) is 9.83. The number of ether oxygens (including phenoxy) is 3. The maximum Gasteiger partial charge on any atom is 0.344 e. The van der Waals surface area contributed by atoms with Gasteiger partial charge in [-0.15, -0.1) is 0 Å². The maximum atomic E-state index is 12.2. The van der Waals surface area contributed by atoms with Crippen LogP contribution in [0.25, 0.3) is 11.1 Å². The van der Waals surface area contributed by atoms with Crippen molar-refractivity contribution in [1.82, 2.24) is 0 Å². The normalized spacial score (nSPS) is 11.4. The van der Waals surface area contributed by atoms with Crippen molar-refractivity contribution in [2.75, 3.05) is 6.61 Å². The van der Waals surface area contributed by atoms with E-state index in [-0.39, 0.29) is 13.2 Å². The van der Waals surface area contributed by atoms with E-state index in [1.807, 2.05) is 91.0 Å². The highest BCUT2D eigenvalue weighted by Crippen LogP contribution is 2.35. The van der Waals surface area contributed by atoms with Gasteiger partial charge in [0.15, 0.2) is 6.61 Å². The number of carbonyl (C=O) groups is 1. The highest BCUT2D eigenvalue weighted by Gasteiger charge is 2.14. The van der Waals surface area contributed by atoms with Crippen LogP contribution in [-0.4, -0.2) is 12.6 Å². The smallest absolute Gasteiger partial charge is 0.344 e. The molecule has 0 radical (unpaired) electrons. The van der Waals surface area contributed by atoms with Crippen molar-refractivity contribution in [3.63, 3.8) is 0 Å². The van der Waals surface area contributed by atoms with E-state index in [1.165, 1.54) is 11.1 Å². The van der Waals surface area contributed by atoms with Crippen LogP contribution in [0.5, 0.6) is 11.5 Å². The summed E-state index contributed by atoms with van der Waals surface area (Å²) in [5.41, 5.74) is 7.80.